The van der Waals surface area contributed by atoms with Crippen LogP contribution in [-0.4, -0.2) is 73.5 Å². The molecule has 5 rings (SSSR count). The van der Waals surface area contributed by atoms with Crippen molar-refractivity contribution in [2.24, 2.45) is 0 Å². The number of rotatable bonds is 6. The standard InChI is InChI=1S/C27H31F3N6O4/c1-16-13-17(28)5-6-18(16)27(7-8-27)24-31-23(40-33-24)19-14-20(22(29)30)36(32-19)15-21(37)34-9-11-35(12-10-34)25(38)39-26(2,3)4/h5-6,13-14,22H,7-12,15H2,1-4H3. The van der Waals surface area contributed by atoms with Gasteiger partial charge in [-0.2, -0.15) is 10.1 Å². The molecule has 1 aromatic carbocycles. The number of alkyl halides is 2. The van der Waals surface area contributed by atoms with Gasteiger partial charge in [0.05, 0.1) is 5.41 Å². The van der Waals surface area contributed by atoms with E-state index in [9.17, 15) is 22.8 Å². The molecule has 1 aliphatic heterocycles. The molecule has 2 fully saturated rings. The molecule has 0 N–H and O–H groups in total. The fraction of sp³-hybridized carbons (Fsp3) is 0.519. The van der Waals surface area contributed by atoms with Gasteiger partial charge in [-0.3, -0.25) is 9.48 Å². The Kier molecular flexibility index (Phi) is 7.09. The molecular weight excluding hydrogens is 529 g/mol. The van der Waals surface area contributed by atoms with E-state index >= 15 is 0 Å². The lowest BCUT2D eigenvalue weighted by atomic mass is 9.91. The molecule has 2 aromatic heterocycles. The monoisotopic (exact) mass is 560 g/mol. The maximum absolute atomic E-state index is 13.9. The van der Waals surface area contributed by atoms with Crippen LogP contribution < -0.4 is 0 Å². The minimum Gasteiger partial charge on any atom is -0.444 e. The van der Waals surface area contributed by atoms with E-state index in [1.807, 2.05) is 6.92 Å². The zero-order valence-corrected chi connectivity index (χ0v) is 22.8. The van der Waals surface area contributed by atoms with Gasteiger partial charge >= 0.3 is 6.09 Å². The first-order valence-electron chi connectivity index (χ1n) is 13.1. The van der Waals surface area contributed by atoms with Crippen LogP contribution in [0.15, 0.2) is 28.8 Å². The molecule has 214 valence electrons. The summed E-state index contributed by atoms with van der Waals surface area (Å²) in [6.45, 7) is 7.75. The number of aromatic nitrogens is 4. The van der Waals surface area contributed by atoms with Crippen molar-refractivity contribution in [2.75, 3.05) is 26.2 Å². The molecule has 0 unspecified atom stereocenters. The van der Waals surface area contributed by atoms with Gasteiger partial charge in [0.2, 0.25) is 5.91 Å². The third kappa shape index (κ3) is 5.54. The Hall–Kier alpha value is -3.90. The van der Waals surface area contributed by atoms with E-state index in [1.54, 1.807) is 26.8 Å². The maximum Gasteiger partial charge on any atom is 0.410 e. The van der Waals surface area contributed by atoms with Gasteiger partial charge in [-0.15, -0.1) is 0 Å². The number of aryl methyl sites for hydroxylation is 1. The predicted molar refractivity (Wildman–Crippen MR) is 136 cm³/mol. The first-order chi connectivity index (χ1) is 18.9. The van der Waals surface area contributed by atoms with Crippen LogP contribution in [0.2, 0.25) is 0 Å². The Bertz CT molecular complexity index is 1420. The number of carbonyl (C=O) groups is 2. The zero-order chi connectivity index (χ0) is 28.8. The average molecular weight is 561 g/mol. The Balaban J connectivity index is 1.29. The van der Waals surface area contributed by atoms with Crippen molar-refractivity contribution in [1.29, 1.82) is 0 Å². The summed E-state index contributed by atoms with van der Waals surface area (Å²) >= 11 is 0. The average Bonchev–Trinajstić information content (AvgIpc) is 3.31. The van der Waals surface area contributed by atoms with Gasteiger partial charge in [0, 0.05) is 26.2 Å². The summed E-state index contributed by atoms with van der Waals surface area (Å²) in [5.74, 6) is -0.407. The molecule has 13 heteroatoms. The largest absolute Gasteiger partial charge is 0.444 e. The molecular formula is C27H31F3N6O4. The summed E-state index contributed by atoms with van der Waals surface area (Å²) in [5, 5.41) is 8.29. The van der Waals surface area contributed by atoms with Gasteiger partial charge in [-0.1, -0.05) is 11.2 Å². The molecule has 0 radical (unpaired) electrons. The van der Waals surface area contributed by atoms with Crippen molar-refractivity contribution in [2.45, 2.75) is 64.5 Å². The third-order valence-electron chi connectivity index (χ3n) is 7.13. The van der Waals surface area contributed by atoms with E-state index in [0.717, 1.165) is 34.7 Å². The molecule has 10 nitrogen and oxygen atoms in total. The number of benzene rings is 1. The summed E-state index contributed by atoms with van der Waals surface area (Å²) in [6.07, 6.45) is -1.87. The molecule has 2 amide bonds. The van der Waals surface area contributed by atoms with Crippen LogP contribution in [0, 0.1) is 12.7 Å². The predicted octanol–water partition coefficient (Wildman–Crippen LogP) is 4.48. The fourth-order valence-electron chi connectivity index (χ4n) is 4.96. The lowest BCUT2D eigenvalue weighted by Gasteiger charge is -2.35. The van der Waals surface area contributed by atoms with Gasteiger partial charge in [0.25, 0.3) is 12.3 Å². The number of ether oxygens (including phenoxy) is 1. The summed E-state index contributed by atoms with van der Waals surface area (Å²) in [7, 11) is 0. The highest BCUT2D eigenvalue weighted by Gasteiger charge is 2.51. The molecule has 1 aliphatic carbocycles. The maximum atomic E-state index is 13.9. The number of halogens is 3. The second-order valence-corrected chi connectivity index (χ2v) is 11.2. The SMILES string of the molecule is Cc1cc(F)ccc1C1(c2noc(-c3cc(C(F)F)n(CC(=O)N4CCN(C(=O)OC(C)(C)C)CC4)n3)n2)CC1. The van der Waals surface area contributed by atoms with Crippen LogP contribution in [0.3, 0.4) is 0 Å². The zero-order valence-electron chi connectivity index (χ0n) is 22.8. The minimum absolute atomic E-state index is 0.0308. The number of piperazine rings is 1. The van der Waals surface area contributed by atoms with Crippen molar-refractivity contribution in [3.63, 3.8) is 0 Å². The van der Waals surface area contributed by atoms with Crippen LogP contribution >= 0.6 is 0 Å². The van der Waals surface area contributed by atoms with Gasteiger partial charge in [0.1, 0.15) is 23.7 Å². The van der Waals surface area contributed by atoms with Crippen LogP contribution in [0.4, 0.5) is 18.0 Å². The lowest BCUT2D eigenvalue weighted by Crippen LogP contribution is -2.52. The Morgan fingerprint density at radius 1 is 1.10 bits per heavy atom. The molecule has 3 heterocycles. The molecule has 0 spiro atoms. The topological polar surface area (TPSA) is 107 Å². The molecule has 2 aliphatic rings. The van der Waals surface area contributed by atoms with Gasteiger partial charge in [0.15, 0.2) is 11.5 Å². The first kappa shape index (κ1) is 27.7. The van der Waals surface area contributed by atoms with Crippen molar-refractivity contribution in [3.05, 3.63) is 52.7 Å². The highest BCUT2D eigenvalue weighted by atomic mass is 19.3. The number of nitrogens with zero attached hydrogens (tertiary/aromatic N) is 6. The number of hydrogen-bond acceptors (Lipinski definition) is 7. The van der Waals surface area contributed by atoms with Crippen molar-refractivity contribution in [1.82, 2.24) is 29.7 Å². The van der Waals surface area contributed by atoms with Crippen LogP contribution in [0.1, 0.15) is 62.7 Å². The van der Waals surface area contributed by atoms with Gasteiger partial charge in [-0.25, -0.2) is 18.0 Å². The van der Waals surface area contributed by atoms with Gasteiger partial charge < -0.3 is 19.1 Å². The second-order valence-electron chi connectivity index (χ2n) is 11.2. The van der Waals surface area contributed by atoms with Crippen molar-refractivity contribution < 1.29 is 32.0 Å². The summed E-state index contributed by atoms with van der Waals surface area (Å²) in [5.41, 5.74) is 0.0711. The number of carbonyl (C=O) groups excluding carboxylic acids is 2. The highest BCUT2D eigenvalue weighted by Crippen LogP contribution is 2.53. The smallest absolute Gasteiger partial charge is 0.410 e. The molecule has 1 saturated carbocycles. The van der Waals surface area contributed by atoms with E-state index in [4.69, 9.17) is 9.26 Å². The summed E-state index contributed by atoms with van der Waals surface area (Å²) in [6, 6.07) is 5.67. The fourth-order valence-corrected chi connectivity index (χ4v) is 4.96. The molecule has 3 aromatic rings. The summed E-state index contributed by atoms with van der Waals surface area (Å²) < 4.78 is 53.1. The highest BCUT2D eigenvalue weighted by molar-refractivity contribution is 5.77. The third-order valence-corrected chi connectivity index (χ3v) is 7.13. The van der Waals surface area contributed by atoms with Crippen molar-refractivity contribution in [3.8, 4) is 11.6 Å². The van der Waals surface area contributed by atoms with E-state index in [2.05, 4.69) is 15.2 Å². The van der Waals surface area contributed by atoms with Crippen LogP contribution in [0.5, 0.6) is 0 Å². The normalized spacial score (nSPS) is 16.9. The molecule has 40 heavy (non-hydrogen) atoms. The molecule has 1 saturated heterocycles. The van der Waals surface area contributed by atoms with E-state index in [1.165, 1.54) is 21.9 Å². The second kappa shape index (κ2) is 10.3. The van der Waals surface area contributed by atoms with Crippen LogP contribution in [-0.2, 0) is 21.5 Å². The molecule has 0 atom stereocenters. The molecule has 0 bridgehead atoms. The van der Waals surface area contributed by atoms with Crippen LogP contribution in [0.25, 0.3) is 11.6 Å². The minimum atomic E-state index is -2.89. The Morgan fingerprint density at radius 3 is 2.38 bits per heavy atom. The number of hydrogen-bond donors (Lipinski definition) is 0. The van der Waals surface area contributed by atoms with E-state index < -0.39 is 41.7 Å². The first-order valence-corrected chi connectivity index (χ1v) is 13.1. The van der Waals surface area contributed by atoms with Crippen molar-refractivity contribution >= 4 is 12.0 Å². The quantitative estimate of drug-likeness (QED) is 0.438. The summed E-state index contributed by atoms with van der Waals surface area (Å²) in [4.78, 5) is 32.7. The van der Waals surface area contributed by atoms with Gasteiger partial charge in [-0.05, 0) is 69.9 Å². The van der Waals surface area contributed by atoms with E-state index in [0.29, 0.717) is 5.82 Å². The number of amides is 2. The Labute approximate surface area is 229 Å². The van der Waals surface area contributed by atoms with E-state index in [-0.39, 0.29) is 43.6 Å². The Morgan fingerprint density at radius 2 is 1.77 bits per heavy atom. The lowest BCUT2D eigenvalue weighted by molar-refractivity contribution is -0.133.